The second-order valence-corrected chi connectivity index (χ2v) is 5.61. The molecule has 0 aliphatic carbocycles. The average molecular weight is 273 g/mol. The second kappa shape index (κ2) is 7.25. The number of carboxylic acid groups (broad SMARTS) is 1. The smallest absolute Gasteiger partial charge is 0.306 e. The highest BCUT2D eigenvalue weighted by molar-refractivity contribution is 5.69. The van der Waals surface area contributed by atoms with E-state index in [0.29, 0.717) is 0 Å². The lowest BCUT2D eigenvalue weighted by Gasteiger charge is -2.26. The number of aliphatic carboxylic acids is 1. The molecule has 0 amide bonds. The van der Waals surface area contributed by atoms with Gasteiger partial charge in [0.1, 0.15) is 0 Å². The van der Waals surface area contributed by atoms with Crippen LogP contribution in [-0.4, -0.2) is 29.1 Å². The van der Waals surface area contributed by atoms with Gasteiger partial charge in [0.25, 0.3) is 0 Å². The summed E-state index contributed by atoms with van der Waals surface area (Å²) in [5.41, 5.74) is 2.77. The highest BCUT2D eigenvalue weighted by Gasteiger charge is 2.15. The fraction of sp³-hybridized carbons (Fsp3) is 0.471. The van der Waals surface area contributed by atoms with Gasteiger partial charge in [-0.3, -0.25) is 9.69 Å². The van der Waals surface area contributed by atoms with Crippen molar-refractivity contribution >= 4 is 5.97 Å². The lowest BCUT2D eigenvalue weighted by Crippen LogP contribution is -2.28. The maximum absolute atomic E-state index is 10.8. The molecule has 2 rings (SSSR count). The fourth-order valence-electron chi connectivity index (χ4n) is 2.49. The summed E-state index contributed by atoms with van der Waals surface area (Å²) >= 11 is 0. The Bertz CT molecular complexity index is 467. The van der Waals surface area contributed by atoms with Crippen molar-refractivity contribution in [3.8, 4) is 0 Å². The molecule has 0 saturated heterocycles. The standard InChI is InChI=1S/C17H23NO2/c1-14(17(19)20)7-8-15-9-11-18(12-10-15)13-16-5-3-2-4-6-16/h2-6,9,14H,7-8,10-13H2,1H3,(H,19,20). The Balaban J connectivity index is 1.77. The third-order valence-electron chi connectivity index (χ3n) is 3.96. The molecule has 3 nitrogen and oxygen atoms in total. The van der Waals surface area contributed by atoms with E-state index >= 15 is 0 Å². The molecule has 20 heavy (non-hydrogen) atoms. The minimum Gasteiger partial charge on any atom is -0.481 e. The number of carbonyl (C=O) groups is 1. The highest BCUT2D eigenvalue weighted by Crippen LogP contribution is 2.20. The topological polar surface area (TPSA) is 40.5 Å². The fourth-order valence-corrected chi connectivity index (χ4v) is 2.49. The molecule has 1 aromatic carbocycles. The molecule has 108 valence electrons. The first kappa shape index (κ1) is 14.8. The molecule has 1 N–H and O–H groups in total. The van der Waals surface area contributed by atoms with E-state index in [1.165, 1.54) is 11.1 Å². The Labute approximate surface area is 120 Å². The Morgan fingerprint density at radius 2 is 2.10 bits per heavy atom. The van der Waals surface area contributed by atoms with Gasteiger partial charge in [-0.15, -0.1) is 0 Å². The molecule has 0 radical (unpaired) electrons. The molecule has 1 aromatic rings. The van der Waals surface area contributed by atoms with Crippen LogP contribution < -0.4 is 0 Å². The number of hydrogen-bond donors (Lipinski definition) is 1. The first-order chi connectivity index (χ1) is 9.65. The first-order valence-electron chi connectivity index (χ1n) is 7.32. The Morgan fingerprint density at radius 3 is 2.70 bits per heavy atom. The molecule has 1 heterocycles. The predicted molar refractivity (Wildman–Crippen MR) is 80.5 cm³/mol. The Morgan fingerprint density at radius 1 is 1.35 bits per heavy atom. The second-order valence-electron chi connectivity index (χ2n) is 5.61. The minimum absolute atomic E-state index is 0.238. The summed E-state index contributed by atoms with van der Waals surface area (Å²) in [6.45, 7) is 4.83. The number of nitrogens with zero attached hydrogens (tertiary/aromatic N) is 1. The quantitative estimate of drug-likeness (QED) is 0.808. The van der Waals surface area contributed by atoms with Crippen molar-refractivity contribution in [3.63, 3.8) is 0 Å². The largest absolute Gasteiger partial charge is 0.481 e. The summed E-state index contributed by atoms with van der Waals surface area (Å²) < 4.78 is 0. The molecule has 0 fully saturated rings. The van der Waals surface area contributed by atoms with Crippen LogP contribution in [0.4, 0.5) is 0 Å². The zero-order valence-electron chi connectivity index (χ0n) is 12.1. The van der Waals surface area contributed by atoms with E-state index in [1.54, 1.807) is 6.92 Å². The molecule has 0 saturated carbocycles. The van der Waals surface area contributed by atoms with Crippen LogP contribution in [0.15, 0.2) is 42.0 Å². The van der Waals surface area contributed by atoms with E-state index in [0.717, 1.165) is 38.9 Å². The predicted octanol–water partition coefficient (Wildman–Crippen LogP) is 3.32. The molecule has 1 aliphatic rings. The van der Waals surface area contributed by atoms with Crippen molar-refractivity contribution in [2.24, 2.45) is 5.92 Å². The van der Waals surface area contributed by atoms with Gasteiger partial charge >= 0.3 is 5.97 Å². The summed E-state index contributed by atoms with van der Waals surface area (Å²) in [5.74, 6) is -0.926. The van der Waals surface area contributed by atoms with Crippen LogP contribution in [0.5, 0.6) is 0 Å². The van der Waals surface area contributed by atoms with E-state index in [-0.39, 0.29) is 5.92 Å². The van der Waals surface area contributed by atoms with Crippen LogP contribution in [0.3, 0.4) is 0 Å². The zero-order valence-corrected chi connectivity index (χ0v) is 12.1. The third-order valence-corrected chi connectivity index (χ3v) is 3.96. The molecule has 0 bridgehead atoms. The van der Waals surface area contributed by atoms with E-state index in [4.69, 9.17) is 5.11 Å². The van der Waals surface area contributed by atoms with E-state index in [2.05, 4.69) is 35.2 Å². The van der Waals surface area contributed by atoms with Gasteiger partial charge in [0.05, 0.1) is 5.92 Å². The Hall–Kier alpha value is -1.61. The lowest BCUT2D eigenvalue weighted by molar-refractivity contribution is -0.141. The van der Waals surface area contributed by atoms with Crippen molar-refractivity contribution < 1.29 is 9.90 Å². The van der Waals surface area contributed by atoms with Crippen molar-refractivity contribution in [1.82, 2.24) is 4.90 Å². The van der Waals surface area contributed by atoms with E-state index in [1.807, 2.05) is 6.07 Å². The van der Waals surface area contributed by atoms with Gasteiger partial charge in [-0.1, -0.05) is 48.9 Å². The highest BCUT2D eigenvalue weighted by atomic mass is 16.4. The normalized spacial score (nSPS) is 17.6. The number of carboxylic acids is 1. The number of rotatable bonds is 6. The third kappa shape index (κ3) is 4.49. The summed E-state index contributed by atoms with van der Waals surface area (Å²) in [4.78, 5) is 13.2. The first-order valence-corrected chi connectivity index (χ1v) is 7.32. The molecule has 3 heteroatoms. The summed E-state index contributed by atoms with van der Waals surface area (Å²) in [5, 5.41) is 8.89. The number of benzene rings is 1. The average Bonchev–Trinajstić information content (AvgIpc) is 2.47. The molecule has 0 spiro atoms. The van der Waals surface area contributed by atoms with Gasteiger partial charge in [-0.2, -0.15) is 0 Å². The molecule has 1 unspecified atom stereocenters. The SMILES string of the molecule is CC(CCC1=CCN(Cc2ccccc2)CC1)C(=O)O. The zero-order chi connectivity index (χ0) is 14.4. The maximum atomic E-state index is 10.8. The van der Waals surface area contributed by atoms with Gasteiger partial charge in [-0.25, -0.2) is 0 Å². The van der Waals surface area contributed by atoms with Gasteiger partial charge in [0, 0.05) is 19.6 Å². The van der Waals surface area contributed by atoms with Crippen LogP contribution in [0, 0.1) is 5.92 Å². The van der Waals surface area contributed by atoms with Gasteiger partial charge in [0.2, 0.25) is 0 Å². The maximum Gasteiger partial charge on any atom is 0.306 e. The molecule has 1 atom stereocenters. The molecular formula is C17H23NO2. The van der Waals surface area contributed by atoms with E-state index < -0.39 is 5.97 Å². The van der Waals surface area contributed by atoms with Crippen molar-refractivity contribution in [2.45, 2.75) is 32.7 Å². The van der Waals surface area contributed by atoms with Crippen LogP contribution >= 0.6 is 0 Å². The van der Waals surface area contributed by atoms with Crippen molar-refractivity contribution in [3.05, 3.63) is 47.5 Å². The summed E-state index contributed by atoms with van der Waals surface area (Å²) in [7, 11) is 0. The van der Waals surface area contributed by atoms with Gasteiger partial charge in [-0.05, 0) is 24.8 Å². The van der Waals surface area contributed by atoms with Crippen LogP contribution in [0.2, 0.25) is 0 Å². The summed E-state index contributed by atoms with van der Waals surface area (Å²) in [6, 6.07) is 10.5. The van der Waals surface area contributed by atoms with Gasteiger partial charge < -0.3 is 5.11 Å². The summed E-state index contributed by atoms with van der Waals surface area (Å²) in [6.07, 6.45) is 5.02. The molecule has 0 aromatic heterocycles. The van der Waals surface area contributed by atoms with Crippen LogP contribution in [0.25, 0.3) is 0 Å². The van der Waals surface area contributed by atoms with E-state index in [9.17, 15) is 4.79 Å². The van der Waals surface area contributed by atoms with Gasteiger partial charge in [0.15, 0.2) is 0 Å². The number of hydrogen-bond acceptors (Lipinski definition) is 2. The molecule has 1 aliphatic heterocycles. The monoisotopic (exact) mass is 273 g/mol. The minimum atomic E-state index is -0.688. The Kier molecular flexibility index (Phi) is 5.36. The van der Waals surface area contributed by atoms with Crippen molar-refractivity contribution in [1.29, 1.82) is 0 Å². The lowest BCUT2D eigenvalue weighted by atomic mass is 9.97. The van der Waals surface area contributed by atoms with Crippen LogP contribution in [-0.2, 0) is 11.3 Å². The van der Waals surface area contributed by atoms with Crippen molar-refractivity contribution in [2.75, 3.05) is 13.1 Å². The molecular weight excluding hydrogens is 250 g/mol. The van der Waals surface area contributed by atoms with Crippen LogP contribution in [0.1, 0.15) is 31.7 Å².